The Balaban J connectivity index is 2.95. The average molecular weight is 323 g/mol. The average Bonchev–Trinajstić information content (AvgIpc) is 2.49. The first-order chi connectivity index (χ1) is 10.7. The van der Waals surface area contributed by atoms with Crippen molar-refractivity contribution in [2.24, 2.45) is 5.10 Å². The summed E-state index contributed by atoms with van der Waals surface area (Å²) < 4.78 is 0. The van der Waals surface area contributed by atoms with Crippen molar-refractivity contribution in [3.05, 3.63) is 44.0 Å². The van der Waals surface area contributed by atoms with Gasteiger partial charge in [0.25, 0.3) is 17.3 Å². The second-order valence-corrected chi connectivity index (χ2v) is 4.45. The Morgan fingerprint density at radius 3 is 2.04 bits per heavy atom. The molecule has 0 unspecified atom stereocenters. The second kappa shape index (κ2) is 7.59. The lowest BCUT2D eigenvalue weighted by atomic mass is 10.1. The van der Waals surface area contributed by atoms with Crippen LogP contribution >= 0.6 is 0 Å². The van der Waals surface area contributed by atoms with Crippen LogP contribution in [0.2, 0.25) is 0 Å². The van der Waals surface area contributed by atoms with Crippen LogP contribution in [0.25, 0.3) is 0 Å². The number of benzene rings is 1. The smallest absolute Gasteiger partial charge is 0.277 e. The van der Waals surface area contributed by atoms with Crippen molar-refractivity contribution in [3.8, 4) is 0 Å². The summed E-state index contributed by atoms with van der Waals surface area (Å²) in [4.78, 5) is 42.4. The molecular formula is C12H13N5O6. The monoisotopic (exact) mass is 323 g/mol. The molecule has 0 aliphatic rings. The molecule has 0 aliphatic carbocycles. The molecule has 1 rings (SSSR count). The van der Waals surface area contributed by atoms with Crippen LogP contribution in [-0.2, 0) is 4.79 Å². The molecule has 1 aromatic rings. The van der Waals surface area contributed by atoms with E-state index in [1.54, 1.807) is 0 Å². The summed E-state index contributed by atoms with van der Waals surface area (Å²) in [7, 11) is 0. The SMILES string of the molecule is CC(=O)NC/C(C)=N\NC(=O)c1cc([N+](=O)[O-])cc([N+](=O)[O-])c1. The molecule has 0 fully saturated rings. The highest BCUT2D eigenvalue weighted by atomic mass is 16.6. The summed E-state index contributed by atoms with van der Waals surface area (Å²) >= 11 is 0. The summed E-state index contributed by atoms with van der Waals surface area (Å²) in [6, 6.07) is 2.56. The summed E-state index contributed by atoms with van der Waals surface area (Å²) in [6.45, 7) is 2.95. The topological polar surface area (TPSA) is 157 Å². The van der Waals surface area contributed by atoms with Crippen molar-refractivity contribution in [1.29, 1.82) is 0 Å². The van der Waals surface area contributed by atoms with E-state index in [0.29, 0.717) is 5.71 Å². The molecule has 0 saturated heterocycles. The molecule has 122 valence electrons. The maximum Gasteiger partial charge on any atom is 0.277 e. The van der Waals surface area contributed by atoms with E-state index >= 15 is 0 Å². The van der Waals surface area contributed by atoms with Crippen LogP contribution in [0.3, 0.4) is 0 Å². The molecule has 0 aliphatic heterocycles. The molecule has 23 heavy (non-hydrogen) atoms. The standard InChI is InChI=1S/C12H13N5O6/c1-7(6-13-8(2)18)14-15-12(19)9-3-10(16(20)21)5-11(4-9)17(22)23/h3-5H,6H2,1-2H3,(H,13,18)(H,15,19)/b14-7-. The molecule has 2 amide bonds. The highest BCUT2D eigenvalue weighted by Crippen LogP contribution is 2.22. The van der Waals surface area contributed by atoms with Gasteiger partial charge < -0.3 is 5.32 Å². The first kappa shape index (κ1) is 17.7. The normalized spacial score (nSPS) is 10.8. The lowest BCUT2D eigenvalue weighted by Gasteiger charge is -2.04. The Hall–Kier alpha value is -3.37. The molecule has 1 aromatic carbocycles. The molecule has 0 bridgehead atoms. The zero-order valence-electron chi connectivity index (χ0n) is 12.2. The van der Waals surface area contributed by atoms with E-state index in [1.807, 2.05) is 0 Å². The number of nitrogens with zero attached hydrogens (tertiary/aromatic N) is 3. The number of nitro benzene ring substituents is 2. The first-order valence-electron chi connectivity index (χ1n) is 6.22. The van der Waals surface area contributed by atoms with Gasteiger partial charge in [-0.25, -0.2) is 5.43 Å². The van der Waals surface area contributed by atoms with Gasteiger partial charge in [0.15, 0.2) is 0 Å². The maximum atomic E-state index is 11.9. The maximum absolute atomic E-state index is 11.9. The van der Waals surface area contributed by atoms with Crippen LogP contribution < -0.4 is 10.7 Å². The van der Waals surface area contributed by atoms with E-state index in [2.05, 4.69) is 15.8 Å². The van der Waals surface area contributed by atoms with Crippen molar-refractivity contribution >= 4 is 28.9 Å². The Morgan fingerprint density at radius 2 is 1.61 bits per heavy atom. The number of rotatable bonds is 6. The summed E-state index contributed by atoms with van der Waals surface area (Å²) in [5.74, 6) is -1.13. The molecule has 0 heterocycles. The third-order valence-corrected chi connectivity index (χ3v) is 2.53. The van der Waals surface area contributed by atoms with Crippen molar-refractivity contribution in [3.63, 3.8) is 0 Å². The predicted octanol–water partition coefficient (Wildman–Crippen LogP) is 0.745. The van der Waals surface area contributed by atoms with Crippen LogP contribution in [0.4, 0.5) is 11.4 Å². The minimum Gasteiger partial charge on any atom is -0.351 e. The lowest BCUT2D eigenvalue weighted by molar-refractivity contribution is -0.394. The number of amides is 2. The third-order valence-electron chi connectivity index (χ3n) is 2.53. The molecule has 0 atom stereocenters. The van der Waals surface area contributed by atoms with Crippen molar-refractivity contribution in [2.75, 3.05) is 6.54 Å². The van der Waals surface area contributed by atoms with Gasteiger partial charge in [-0.3, -0.25) is 29.8 Å². The third kappa shape index (κ3) is 5.49. The van der Waals surface area contributed by atoms with Gasteiger partial charge >= 0.3 is 0 Å². The van der Waals surface area contributed by atoms with Crippen molar-refractivity contribution in [1.82, 2.24) is 10.7 Å². The number of nitro groups is 2. The molecule has 11 nitrogen and oxygen atoms in total. The molecule has 11 heteroatoms. The van der Waals surface area contributed by atoms with Crippen LogP contribution in [0.15, 0.2) is 23.3 Å². The Labute approximate surface area is 129 Å². The zero-order valence-corrected chi connectivity index (χ0v) is 12.2. The molecule has 0 radical (unpaired) electrons. The number of hydrogen-bond donors (Lipinski definition) is 2. The molecule has 0 saturated carbocycles. The summed E-state index contributed by atoms with van der Waals surface area (Å²) in [6.07, 6.45) is 0. The fourth-order valence-electron chi connectivity index (χ4n) is 1.44. The number of nitrogens with one attached hydrogen (secondary N) is 2. The Morgan fingerprint density at radius 1 is 1.09 bits per heavy atom. The van der Waals surface area contributed by atoms with Gasteiger partial charge in [-0.05, 0) is 6.92 Å². The van der Waals surface area contributed by atoms with Crippen LogP contribution in [0, 0.1) is 20.2 Å². The van der Waals surface area contributed by atoms with E-state index in [0.717, 1.165) is 18.2 Å². The van der Waals surface area contributed by atoms with E-state index in [9.17, 15) is 29.8 Å². The van der Waals surface area contributed by atoms with Gasteiger partial charge in [0.1, 0.15) is 0 Å². The van der Waals surface area contributed by atoms with Crippen LogP contribution in [0.1, 0.15) is 24.2 Å². The molecule has 0 spiro atoms. The number of hydrogen-bond acceptors (Lipinski definition) is 7. The minimum absolute atomic E-state index is 0.102. The minimum atomic E-state index is -0.848. The van der Waals surface area contributed by atoms with Gasteiger partial charge in [0, 0.05) is 19.1 Å². The highest BCUT2D eigenvalue weighted by Gasteiger charge is 2.19. The van der Waals surface area contributed by atoms with Crippen molar-refractivity contribution < 1.29 is 19.4 Å². The summed E-state index contributed by atoms with van der Waals surface area (Å²) in [5, 5.41) is 27.6. The Kier molecular flexibility index (Phi) is 5.83. The number of non-ortho nitro benzene ring substituents is 2. The summed E-state index contributed by atoms with van der Waals surface area (Å²) in [5.41, 5.74) is 1.04. The highest BCUT2D eigenvalue weighted by molar-refractivity contribution is 5.97. The fraction of sp³-hybridized carbons (Fsp3) is 0.250. The van der Waals surface area contributed by atoms with E-state index in [1.165, 1.54) is 13.8 Å². The quantitative estimate of drug-likeness (QED) is 0.446. The van der Waals surface area contributed by atoms with E-state index < -0.39 is 27.1 Å². The van der Waals surface area contributed by atoms with Crippen molar-refractivity contribution in [2.45, 2.75) is 13.8 Å². The lowest BCUT2D eigenvalue weighted by Crippen LogP contribution is -2.28. The Bertz CT molecular complexity index is 667. The van der Waals surface area contributed by atoms with Gasteiger partial charge in [-0.15, -0.1) is 0 Å². The van der Waals surface area contributed by atoms with Gasteiger partial charge in [-0.1, -0.05) is 0 Å². The largest absolute Gasteiger partial charge is 0.351 e. The number of carbonyl (C=O) groups is 2. The predicted molar refractivity (Wildman–Crippen MR) is 79.0 cm³/mol. The first-order valence-corrected chi connectivity index (χ1v) is 6.22. The van der Waals surface area contributed by atoms with Crippen LogP contribution in [0.5, 0.6) is 0 Å². The van der Waals surface area contributed by atoms with E-state index in [4.69, 9.17) is 0 Å². The van der Waals surface area contributed by atoms with Gasteiger partial charge in [0.05, 0.1) is 33.7 Å². The number of hydrazone groups is 1. The van der Waals surface area contributed by atoms with E-state index in [-0.39, 0.29) is 18.0 Å². The fourth-order valence-corrected chi connectivity index (χ4v) is 1.44. The van der Waals surface area contributed by atoms with Crippen LogP contribution in [-0.4, -0.2) is 33.9 Å². The molecular weight excluding hydrogens is 310 g/mol. The van der Waals surface area contributed by atoms with Gasteiger partial charge in [-0.2, -0.15) is 5.10 Å². The van der Waals surface area contributed by atoms with Gasteiger partial charge in [0.2, 0.25) is 5.91 Å². The number of carbonyl (C=O) groups excluding carboxylic acids is 2. The zero-order chi connectivity index (χ0) is 17.6. The molecule has 0 aromatic heterocycles. The second-order valence-electron chi connectivity index (χ2n) is 4.45. The molecule has 2 N–H and O–H groups in total.